The van der Waals surface area contributed by atoms with E-state index in [4.69, 9.17) is 0 Å². The normalized spacial score (nSPS) is 13.7. The number of rotatable bonds is 3. The predicted molar refractivity (Wildman–Crippen MR) is 273 cm³/mol. The van der Waals surface area contributed by atoms with Gasteiger partial charge in [-0.3, -0.25) is 0 Å². The van der Waals surface area contributed by atoms with E-state index in [9.17, 15) is 0 Å². The molecule has 0 unspecified atom stereocenters. The third-order valence-electron chi connectivity index (χ3n) is 14.7. The van der Waals surface area contributed by atoms with E-state index in [1.807, 2.05) is 0 Å². The van der Waals surface area contributed by atoms with Crippen LogP contribution in [0.1, 0.15) is 52.7 Å². The Bertz CT molecular complexity index is 3600. The second-order valence-electron chi connectivity index (χ2n) is 20.0. The standard InChI is InChI=1S/C63H50/c1-61(2,3)63(62(4,5)6)56-38-43-20-8-7-19-42(43)37-55(56)59-48-24-12-11-23-46(48)54-36-44(34-35-53(54)60(59)63)39-30-32-41(33-31-39)57-49-25-13-15-27-51(49)58(52-28-16-14-26-50(52)57)47-29-17-21-40-18-9-10-22-45(40)47/h7-38H,1-6H3. The van der Waals surface area contributed by atoms with E-state index in [0.717, 1.165) is 0 Å². The van der Waals surface area contributed by atoms with E-state index in [-0.39, 0.29) is 16.2 Å². The highest BCUT2D eigenvalue weighted by molar-refractivity contribution is 6.24. The lowest BCUT2D eigenvalue weighted by Gasteiger charge is -2.53. The van der Waals surface area contributed by atoms with Crippen LogP contribution in [0.5, 0.6) is 0 Å². The van der Waals surface area contributed by atoms with Gasteiger partial charge in [-0.2, -0.15) is 0 Å². The van der Waals surface area contributed by atoms with Crippen molar-refractivity contribution >= 4 is 64.6 Å². The molecule has 11 aromatic rings. The fourth-order valence-electron chi connectivity index (χ4n) is 12.6. The van der Waals surface area contributed by atoms with Crippen LogP contribution in [0.4, 0.5) is 0 Å². The van der Waals surface area contributed by atoms with Crippen LogP contribution in [0.3, 0.4) is 0 Å². The number of hydrogen-bond acceptors (Lipinski definition) is 0. The van der Waals surface area contributed by atoms with E-state index >= 15 is 0 Å². The first kappa shape index (κ1) is 37.7. The Labute approximate surface area is 370 Å². The minimum Gasteiger partial charge on any atom is -0.0616 e. The molecule has 0 N–H and O–H groups in total. The van der Waals surface area contributed by atoms with Gasteiger partial charge in [-0.05, 0) is 149 Å². The van der Waals surface area contributed by atoms with E-state index in [1.165, 1.54) is 120 Å². The van der Waals surface area contributed by atoms with Gasteiger partial charge in [0.2, 0.25) is 0 Å². The van der Waals surface area contributed by atoms with Crippen LogP contribution >= 0.6 is 0 Å². The molecule has 0 saturated heterocycles. The molecule has 0 atom stereocenters. The summed E-state index contributed by atoms with van der Waals surface area (Å²) in [5, 5.41) is 15.6. The van der Waals surface area contributed by atoms with E-state index < -0.39 is 0 Å². The fourth-order valence-corrected chi connectivity index (χ4v) is 12.6. The molecule has 0 nitrogen and oxygen atoms in total. The predicted octanol–water partition coefficient (Wildman–Crippen LogP) is 18.0. The molecule has 0 heterocycles. The quantitative estimate of drug-likeness (QED) is 0.123. The van der Waals surface area contributed by atoms with E-state index in [2.05, 4.69) is 236 Å². The third kappa shape index (κ3) is 5.28. The van der Waals surface area contributed by atoms with Gasteiger partial charge in [0.25, 0.3) is 0 Å². The second-order valence-corrected chi connectivity index (χ2v) is 20.0. The van der Waals surface area contributed by atoms with Gasteiger partial charge in [-0.15, -0.1) is 0 Å². The van der Waals surface area contributed by atoms with Gasteiger partial charge >= 0.3 is 0 Å². The van der Waals surface area contributed by atoms with Crippen LogP contribution in [-0.4, -0.2) is 0 Å². The van der Waals surface area contributed by atoms with Crippen LogP contribution in [0.2, 0.25) is 0 Å². The molecule has 1 aliphatic carbocycles. The molecule has 11 aromatic carbocycles. The summed E-state index contributed by atoms with van der Waals surface area (Å²) in [5.41, 5.74) is 12.8. The summed E-state index contributed by atoms with van der Waals surface area (Å²) >= 11 is 0. The van der Waals surface area contributed by atoms with Gasteiger partial charge in [0, 0.05) is 5.41 Å². The number of benzene rings is 11. The highest BCUT2D eigenvalue weighted by Gasteiger charge is 2.58. The van der Waals surface area contributed by atoms with E-state index in [0.29, 0.717) is 0 Å². The lowest BCUT2D eigenvalue weighted by molar-refractivity contribution is 0.0965. The number of hydrogen-bond donors (Lipinski definition) is 0. The molecular formula is C63H50. The molecule has 0 radical (unpaired) electrons. The summed E-state index contributed by atoms with van der Waals surface area (Å²) in [6.45, 7) is 14.8. The topological polar surface area (TPSA) is 0 Å². The van der Waals surface area contributed by atoms with Crippen molar-refractivity contribution in [3.8, 4) is 44.5 Å². The summed E-state index contributed by atoms with van der Waals surface area (Å²) in [4.78, 5) is 0. The molecule has 302 valence electrons. The van der Waals surface area contributed by atoms with Crippen molar-refractivity contribution in [1.29, 1.82) is 0 Å². The summed E-state index contributed by atoms with van der Waals surface area (Å²) in [6, 6.07) is 73.2. The zero-order valence-electron chi connectivity index (χ0n) is 37.0. The molecule has 0 spiro atoms. The van der Waals surface area contributed by atoms with Crippen LogP contribution < -0.4 is 0 Å². The lowest BCUT2D eigenvalue weighted by atomic mass is 9.49. The maximum atomic E-state index is 2.53. The maximum Gasteiger partial charge on any atom is 0.0318 e. The third-order valence-corrected chi connectivity index (χ3v) is 14.7. The Morgan fingerprint density at radius 1 is 0.286 bits per heavy atom. The van der Waals surface area contributed by atoms with Crippen molar-refractivity contribution in [3.63, 3.8) is 0 Å². The highest BCUT2D eigenvalue weighted by atomic mass is 14.6. The van der Waals surface area contributed by atoms with Crippen molar-refractivity contribution in [2.45, 2.75) is 47.0 Å². The van der Waals surface area contributed by atoms with Crippen LogP contribution in [0.25, 0.3) is 109 Å². The fraction of sp³-hybridized carbons (Fsp3) is 0.143. The maximum absolute atomic E-state index is 2.53. The Morgan fingerprint density at radius 3 is 1.35 bits per heavy atom. The molecule has 0 aromatic heterocycles. The summed E-state index contributed by atoms with van der Waals surface area (Å²) in [5.74, 6) is 0. The van der Waals surface area contributed by atoms with E-state index in [1.54, 1.807) is 0 Å². The SMILES string of the molecule is CC(C)(C)C1(C(C)(C)C)c2cc3ccccc3cc2-c2c1c1ccc(-c3ccc(-c4c5ccccc5c(-c5cccc6ccccc56)c5ccccc45)cc3)cc1c1ccccc21. The Kier molecular flexibility index (Phi) is 8.08. The number of fused-ring (bicyclic) bond motifs is 12. The van der Waals surface area contributed by atoms with Crippen molar-refractivity contribution in [2.24, 2.45) is 10.8 Å². The Morgan fingerprint density at radius 2 is 0.746 bits per heavy atom. The zero-order chi connectivity index (χ0) is 42.8. The molecule has 0 aliphatic heterocycles. The lowest BCUT2D eigenvalue weighted by Crippen LogP contribution is -2.50. The van der Waals surface area contributed by atoms with Crippen LogP contribution in [-0.2, 0) is 5.41 Å². The molecule has 0 heteroatoms. The molecule has 0 amide bonds. The van der Waals surface area contributed by atoms with Gasteiger partial charge in [-0.1, -0.05) is 217 Å². The van der Waals surface area contributed by atoms with Crippen LogP contribution in [0.15, 0.2) is 194 Å². The Balaban J connectivity index is 1.06. The summed E-state index contributed by atoms with van der Waals surface area (Å²) < 4.78 is 0. The molecular weight excluding hydrogens is 757 g/mol. The molecule has 0 bridgehead atoms. The average molecular weight is 807 g/mol. The summed E-state index contributed by atoms with van der Waals surface area (Å²) in [6.07, 6.45) is 0. The van der Waals surface area contributed by atoms with Crippen molar-refractivity contribution in [2.75, 3.05) is 0 Å². The van der Waals surface area contributed by atoms with Crippen molar-refractivity contribution in [1.82, 2.24) is 0 Å². The largest absolute Gasteiger partial charge is 0.0616 e. The first-order chi connectivity index (χ1) is 30.5. The van der Waals surface area contributed by atoms with Gasteiger partial charge in [0.1, 0.15) is 0 Å². The van der Waals surface area contributed by atoms with Crippen molar-refractivity contribution in [3.05, 3.63) is 205 Å². The molecule has 0 saturated carbocycles. The van der Waals surface area contributed by atoms with Gasteiger partial charge in [0.15, 0.2) is 0 Å². The highest BCUT2D eigenvalue weighted by Crippen LogP contribution is 2.67. The average Bonchev–Trinajstić information content (AvgIpc) is 3.62. The van der Waals surface area contributed by atoms with Gasteiger partial charge < -0.3 is 0 Å². The van der Waals surface area contributed by atoms with Gasteiger partial charge in [0.05, 0.1) is 0 Å². The monoisotopic (exact) mass is 806 g/mol. The minimum absolute atomic E-state index is 0.0843. The van der Waals surface area contributed by atoms with Gasteiger partial charge in [-0.25, -0.2) is 0 Å². The first-order valence-corrected chi connectivity index (χ1v) is 22.6. The van der Waals surface area contributed by atoms with Crippen LogP contribution in [0, 0.1) is 10.8 Å². The molecule has 12 rings (SSSR count). The first-order valence-electron chi connectivity index (χ1n) is 22.6. The molecule has 1 aliphatic rings. The molecule has 63 heavy (non-hydrogen) atoms. The zero-order valence-corrected chi connectivity index (χ0v) is 37.0. The summed E-state index contributed by atoms with van der Waals surface area (Å²) in [7, 11) is 0. The van der Waals surface area contributed by atoms with Crippen molar-refractivity contribution < 1.29 is 0 Å². The Hall–Kier alpha value is -7.02. The molecule has 0 fully saturated rings. The second kappa shape index (κ2) is 13.5. The smallest absolute Gasteiger partial charge is 0.0318 e. The minimum atomic E-state index is -0.255.